The maximum Gasteiger partial charge on any atom is 0.418 e. The molecule has 2 aromatic carbocycles. The molecule has 0 aliphatic carbocycles. The predicted molar refractivity (Wildman–Crippen MR) is 112 cm³/mol. The molecule has 0 saturated carbocycles. The molecule has 0 bridgehead atoms. The molecule has 0 radical (unpaired) electrons. The van der Waals surface area contributed by atoms with E-state index in [2.05, 4.69) is 10.3 Å². The highest BCUT2D eigenvalue weighted by molar-refractivity contribution is 5.93. The Morgan fingerprint density at radius 1 is 1.06 bits per heavy atom. The smallest absolute Gasteiger partial charge is 0.418 e. The van der Waals surface area contributed by atoms with Crippen LogP contribution in [-0.4, -0.2) is 28.9 Å². The number of halogens is 3. The monoisotopic (exact) mass is 429 g/mol. The fourth-order valence-corrected chi connectivity index (χ4v) is 3.02. The van der Waals surface area contributed by atoms with Crippen molar-refractivity contribution in [2.75, 3.05) is 18.4 Å². The van der Waals surface area contributed by atoms with Crippen LogP contribution >= 0.6 is 0 Å². The Balaban J connectivity index is 1.69. The van der Waals surface area contributed by atoms with Crippen LogP contribution in [-0.2, 0) is 17.5 Å². The lowest BCUT2D eigenvalue weighted by atomic mass is 10.1. The molecule has 1 heterocycles. The number of hydrogen-bond acceptors (Lipinski definition) is 4. The van der Waals surface area contributed by atoms with Crippen LogP contribution < -0.4 is 10.1 Å². The molecular weight excluding hydrogens is 407 g/mol. The lowest BCUT2D eigenvalue weighted by Gasteiger charge is -2.22. The Morgan fingerprint density at radius 2 is 1.81 bits per heavy atom. The molecule has 162 valence electrons. The van der Waals surface area contributed by atoms with E-state index in [4.69, 9.17) is 4.74 Å². The average molecular weight is 429 g/mol. The number of anilines is 1. The number of carbonyl (C=O) groups excluding carboxylic acids is 1. The van der Waals surface area contributed by atoms with E-state index in [9.17, 15) is 18.0 Å². The molecule has 0 fully saturated rings. The highest BCUT2D eigenvalue weighted by Gasteiger charge is 2.33. The summed E-state index contributed by atoms with van der Waals surface area (Å²) in [6, 6.07) is 15.9. The van der Waals surface area contributed by atoms with Crippen molar-refractivity contribution in [1.82, 2.24) is 9.88 Å². The van der Waals surface area contributed by atoms with Gasteiger partial charge >= 0.3 is 6.18 Å². The number of carbonyl (C=O) groups is 1. The molecule has 3 aromatic rings. The van der Waals surface area contributed by atoms with Crippen LogP contribution in [0, 0.1) is 0 Å². The van der Waals surface area contributed by atoms with Crippen LogP contribution in [0.1, 0.15) is 18.1 Å². The van der Waals surface area contributed by atoms with Crippen molar-refractivity contribution in [1.29, 1.82) is 0 Å². The second-order valence-electron chi connectivity index (χ2n) is 6.79. The number of para-hydroxylation sites is 2. The Kier molecular flexibility index (Phi) is 7.25. The minimum atomic E-state index is -4.54. The summed E-state index contributed by atoms with van der Waals surface area (Å²) in [5, 5.41) is 2.38. The van der Waals surface area contributed by atoms with Gasteiger partial charge in [-0.05, 0) is 36.9 Å². The molecule has 5 nitrogen and oxygen atoms in total. The summed E-state index contributed by atoms with van der Waals surface area (Å²) in [6.45, 7) is 2.72. The predicted octanol–water partition coefficient (Wildman–Crippen LogP) is 5.35. The summed E-state index contributed by atoms with van der Waals surface area (Å²) in [4.78, 5) is 18.3. The fraction of sp³-hybridized carbons (Fsp3) is 0.217. The standard InChI is InChI=1S/C23H22F3N3O2/c1-2-29(16-22(30)28-20-11-5-4-10-19(20)23(24,25)26)15-17-8-3-6-12-21(17)31-18-9-7-13-27-14-18/h3-14H,2,15-16H2,1H3,(H,28,30). The first kappa shape index (κ1) is 22.3. The number of hydrogen-bond donors (Lipinski definition) is 1. The highest BCUT2D eigenvalue weighted by Crippen LogP contribution is 2.34. The third-order valence-corrected chi connectivity index (χ3v) is 4.55. The quantitative estimate of drug-likeness (QED) is 0.524. The maximum atomic E-state index is 13.2. The van der Waals surface area contributed by atoms with Crippen molar-refractivity contribution in [3.8, 4) is 11.5 Å². The van der Waals surface area contributed by atoms with Crippen molar-refractivity contribution in [3.05, 3.63) is 84.2 Å². The van der Waals surface area contributed by atoms with Crippen LogP contribution in [0.2, 0.25) is 0 Å². The molecule has 0 atom stereocenters. The van der Waals surface area contributed by atoms with E-state index >= 15 is 0 Å². The average Bonchev–Trinajstić information content (AvgIpc) is 2.75. The van der Waals surface area contributed by atoms with Gasteiger partial charge in [0, 0.05) is 18.3 Å². The van der Waals surface area contributed by atoms with Gasteiger partial charge < -0.3 is 10.1 Å². The number of nitrogens with zero attached hydrogens (tertiary/aromatic N) is 2. The summed E-state index contributed by atoms with van der Waals surface area (Å²) < 4.78 is 45.4. The first-order chi connectivity index (χ1) is 14.9. The number of amides is 1. The van der Waals surface area contributed by atoms with Gasteiger partial charge in [0.05, 0.1) is 24.0 Å². The molecule has 0 aliphatic heterocycles. The summed E-state index contributed by atoms with van der Waals surface area (Å²) in [5.74, 6) is 0.681. The number of pyridine rings is 1. The summed E-state index contributed by atoms with van der Waals surface area (Å²) in [5.41, 5.74) is -0.283. The maximum absolute atomic E-state index is 13.2. The number of likely N-dealkylation sites (N-methyl/N-ethyl adjacent to an activating group) is 1. The molecule has 1 amide bonds. The van der Waals surface area contributed by atoms with Crippen LogP contribution in [0.25, 0.3) is 0 Å². The van der Waals surface area contributed by atoms with Gasteiger partial charge in [-0.25, -0.2) is 0 Å². The second-order valence-corrected chi connectivity index (χ2v) is 6.79. The lowest BCUT2D eigenvalue weighted by molar-refractivity contribution is -0.137. The SMILES string of the molecule is CCN(CC(=O)Nc1ccccc1C(F)(F)F)Cc1ccccc1Oc1cccnc1. The van der Waals surface area contributed by atoms with Crippen LogP contribution in [0.15, 0.2) is 73.1 Å². The van der Waals surface area contributed by atoms with Gasteiger partial charge in [-0.2, -0.15) is 13.2 Å². The van der Waals surface area contributed by atoms with E-state index in [1.165, 1.54) is 18.2 Å². The molecule has 0 saturated heterocycles. The van der Waals surface area contributed by atoms with E-state index < -0.39 is 17.6 Å². The number of benzene rings is 2. The second kappa shape index (κ2) is 10.1. The van der Waals surface area contributed by atoms with Gasteiger partial charge in [-0.1, -0.05) is 37.3 Å². The Bertz CT molecular complexity index is 1010. The van der Waals surface area contributed by atoms with Crippen molar-refractivity contribution in [3.63, 3.8) is 0 Å². The summed E-state index contributed by atoms with van der Waals surface area (Å²) >= 11 is 0. The topological polar surface area (TPSA) is 54.5 Å². The van der Waals surface area contributed by atoms with Gasteiger partial charge in [0.1, 0.15) is 11.5 Å². The van der Waals surface area contributed by atoms with E-state index in [1.54, 1.807) is 24.5 Å². The van der Waals surface area contributed by atoms with E-state index in [1.807, 2.05) is 36.1 Å². The third kappa shape index (κ3) is 6.29. The first-order valence-corrected chi connectivity index (χ1v) is 9.71. The number of ether oxygens (including phenoxy) is 1. The number of alkyl halides is 3. The van der Waals surface area contributed by atoms with Crippen molar-refractivity contribution in [2.45, 2.75) is 19.6 Å². The summed E-state index contributed by atoms with van der Waals surface area (Å²) in [7, 11) is 0. The number of nitrogens with one attached hydrogen (secondary N) is 1. The van der Waals surface area contributed by atoms with Gasteiger partial charge in [-0.3, -0.25) is 14.7 Å². The molecule has 31 heavy (non-hydrogen) atoms. The largest absolute Gasteiger partial charge is 0.455 e. The molecule has 0 spiro atoms. The third-order valence-electron chi connectivity index (χ3n) is 4.55. The number of aromatic nitrogens is 1. The van der Waals surface area contributed by atoms with Gasteiger partial charge in [0.15, 0.2) is 0 Å². The molecule has 8 heteroatoms. The van der Waals surface area contributed by atoms with E-state index in [-0.39, 0.29) is 12.2 Å². The zero-order valence-corrected chi connectivity index (χ0v) is 16.9. The Morgan fingerprint density at radius 3 is 2.52 bits per heavy atom. The zero-order chi connectivity index (χ0) is 22.3. The molecule has 3 rings (SSSR count). The normalized spacial score (nSPS) is 11.4. The van der Waals surface area contributed by atoms with Crippen LogP contribution in [0.4, 0.5) is 18.9 Å². The zero-order valence-electron chi connectivity index (χ0n) is 16.9. The highest BCUT2D eigenvalue weighted by atomic mass is 19.4. The van der Waals surface area contributed by atoms with Crippen molar-refractivity contribution >= 4 is 11.6 Å². The van der Waals surface area contributed by atoms with Gasteiger partial charge in [0.2, 0.25) is 5.91 Å². The molecule has 0 unspecified atom stereocenters. The minimum Gasteiger partial charge on any atom is -0.455 e. The molecular formula is C23H22F3N3O2. The van der Waals surface area contributed by atoms with E-state index in [0.717, 1.165) is 11.6 Å². The van der Waals surface area contributed by atoms with Crippen LogP contribution in [0.5, 0.6) is 11.5 Å². The Labute approximate surface area is 178 Å². The minimum absolute atomic E-state index is 0.0656. The molecule has 1 aromatic heterocycles. The van der Waals surface area contributed by atoms with Gasteiger partial charge in [-0.15, -0.1) is 0 Å². The number of rotatable bonds is 8. The molecule has 0 aliphatic rings. The van der Waals surface area contributed by atoms with Crippen LogP contribution in [0.3, 0.4) is 0 Å². The first-order valence-electron chi connectivity index (χ1n) is 9.71. The lowest BCUT2D eigenvalue weighted by Crippen LogP contribution is -2.33. The van der Waals surface area contributed by atoms with Crippen molar-refractivity contribution in [2.24, 2.45) is 0 Å². The molecule has 1 N–H and O–H groups in total. The Hall–Kier alpha value is -3.39. The van der Waals surface area contributed by atoms with Gasteiger partial charge in [0.25, 0.3) is 0 Å². The van der Waals surface area contributed by atoms with E-state index in [0.29, 0.717) is 24.6 Å². The fourth-order valence-electron chi connectivity index (χ4n) is 3.02. The van der Waals surface area contributed by atoms with Crippen molar-refractivity contribution < 1.29 is 22.7 Å². The summed E-state index contributed by atoms with van der Waals surface area (Å²) in [6.07, 6.45) is -1.30.